The SMILES string of the molecule is COc1ccc(S(=O)(=O)N2C(=O)C(c3cc(CN4CCN(C)CC4)ccc3OC)(N3CCCC3c3ncc(C)o3)c3cc(Cl)ccc32)cc1. The van der Waals surface area contributed by atoms with Gasteiger partial charge in [-0.3, -0.25) is 14.6 Å². The molecule has 7 rings (SSSR count). The molecule has 2 unspecified atom stereocenters. The van der Waals surface area contributed by atoms with Crippen LogP contribution in [0.5, 0.6) is 11.5 Å². The van der Waals surface area contributed by atoms with Gasteiger partial charge in [0, 0.05) is 55.4 Å². The molecule has 2 atom stereocenters. The molecule has 3 aromatic carbocycles. The molecule has 1 amide bonds. The molecule has 2 fully saturated rings. The van der Waals surface area contributed by atoms with Crippen LogP contribution in [0.25, 0.3) is 0 Å². The Kier molecular flexibility index (Phi) is 8.95. The first-order valence-electron chi connectivity index (χ1n) is 16.4. The lowest BCUT2D eigenvalue weighted by Crippen LogP contribution is -2.54. The van der Waals surface area contributed by atoms with E-state index in [0.29, 0.717) is 58.8 Å². The number of nitrogens with zero attached hydrogens (tertiary/aromatic N) is 5. The summed E-state index contributed by atoms with van der Waals surface area (Å²) in [6.45, 7) is 6.69. The van der Waals surface area contributed by atoms with Gasteiger partial charge in [-0.05, 0) is 87.0 Å². The van der Waals surface area contributed by atoms with Crippen LogP contribution < -0.4 is 13.8 Å². The monoisotopic (exact) mass is 705 g/mol. The zero-order valence-corrected chi connectivity index (χ0v) is 29.6. The molecule has 0 bridgehead atoms. The number of aromatic nitrogens is 1. The van der Waals surface area contributed by atoms with Crippen molar-refractivity contribution in [3.63, 3.8) is 0 Å². The van der Waals surface area contributed by atoms with E-state index < -0.39 is 27.5 Å². The fourth-order valence-electron chi connectivity index (χ4n) is 7.48. The molecule has 0 aliphatic carbocycles. The van der Waals surface area contributed by atoms with Crippen LogP contribution in [0.4, 0.5) is 5.69 Å². The van der Waals surface area contributed by atoms with Gasteiger partial charge in [0.05, 0.1) is 37.0 Å². The summed E-state index contributed by atoms with van der Waals surface area (Å²) in [5.41, 5.74) is 0.540. The van der Waals surface area contributed by atoms with Crippen molar-refractivity contribution in [1.29, 1.82) is 0 Å². The van der Waals surface area contributed by atoms with Crippen LogP contribution in [0.2, 0.25) is 5.02 Å². The van der Waals surface area contributed by atoms with Crippen molar-refractivity contribution in [3.05, 3.63) is 100 Å². The molecule has 0 N–H and O–H groups in total. The summed E-state index contributed by atoms with van der Waals surface area (Å²) in [6, 6.07) is 16.4. The highest BCUT2D eigenvalue weighted by molar-refractivity contribution is 7.93. The van der Waals surface area contributed by atoms with Crippen LogP contribution in [0.15, 0.2) is 76.2 Å². The Morgan fingerprint density at radius 1 is 0.959 bits per heavy atom. The van der Waals surface area contributed by atoms with Crippen molar-refractivity contribution in [1.82, 2.24) is 19.7 Å². The molecule has 0 saturated carbocycles. The normalized spacial score (nSPS) is 22.1. The highest BCUT2D eigenvalue weighted by atomic mass is 35.5. The number of piperazine rings is 1. The molecule has 3 aliphatic rings. The van der Waals surface area contributed by atoms with Gasteiger partial charge in [-0.15, -0.1) is 0 Å². The van der Waals surface area contributed by atoms with Gasteiger partial charge >= 0.3 is 0 Å². The number of carbonyl (C=O) groups is 1. The average Bonchev–Trinajstić information content (AvgIpc) is 3.82. The standard InChI is InChI=1S/C36H40ClN5O6S/c1-24-22-38-34(48-24)32-6-5-15-41(32)36(30-20-25(7-14-33(30)47-4)23-40-18-16-39(2)17-19-40)29-21-26(37)8-13-31(29)42(35(36)43)49(44,45)28-11-9-27(46-3)10-12-28/h7-14,20-22,32H,5-6,15-19,23H2,1-4H3. The minimum absolute atomic E-state index is 0.0459. The lowest BCUT2D eigenvalue weighted by Gasteiger charge is -2.41. The van der Waals surface area contributed by atoms with Crippen molar-refractivity contribution in [2.24, 2.45) is 0 Å². The van der Waals surface area contributed by atoms with E-state index in [0.717, 1.165) is 42.5 Å². The summed E-state index contributed by atoms with van der Waals surface area (Å²) in [7, 11) is 0.776. The first-order chi connectivity index (χ1) is 23.6. The van der Waals surface area contributed by atoms with E-state index in [9.17, 15) is 8.42 Å². The Balaban J connectivity index is 1.47. The van der Waals surface area contributed by atoms with Gasteiger partial charge in [-0.25, -0.2) is 17.7 Å². The first kappa shape index (κ1) is 33.6. The van der Waals surface area contributed by atoms with Crippen LogP contribution in [0, 0.1) is 6.92 Å². The molecule has 258 valence electrons. The number of likely N-dealkylation sites (tertiary alicyclic amines) is 1. The summed E-state index contributed by atoms with van der Waals surface area (Å²) in [6.07, 6.45) is 3.04. The lowest BCUT2D eigenvalue weighted by molar-refractivity contribution is -0.127. The summed E-state index contributed by atoms with van der Waals surface area (Å²) in [5.74, 6) is 1.42. The zero-order valence-electron chi connectivity index (χ0n) is 28.1. The first-order valence-corrected chi connectivity index (χ1v) is 18.2. The molecular weight excluding hydrogens is 666 g/mol. The van der Waals surface area contributed by atoms with Crippen molar-refractivity contribution < 1.29 is 27.1 Å². The van der Waals surface area contributed by atoms with E-state index in [1.807, 2.05) is 30.0 Å². The number of ether oxygens (including phenoxy) is 2. The van der Waals surface area contributed by atoms with Crippen molar-refractivity contribution in [2.45, 2.75) is 42.8 Å². The summed E-state index contributed by atoms with van der Waals surface area (Å²) in [5, 5.41) is 0.370. The molecule has 11 nitrogen and oxygen atoms in total. The van der Waals surface area contributed by atoms with Crippen LogP contribution in [0.1, 0.15) is 47.2 Å². The van der Waals surface area contributed by atoms with Gasteiger partial charge in [0.1, 0.15) is 17.3 Å². The summed E-state index contributed by atoms with van der Waals surface area (Å²) < 4.78 is 47.6. The fourth-order valence-corrected chi connectivity index (χ4v) is 9.11. The number of halogens is 1. The topological polar surface area (TPSA) is 109 Å². The molecule has 4 heterocycles. The molecule has 3 aliphatic heterocycles. The third kappa shape index (κ3) is 5.69. The largest absolute Gasteiger partial charge is 0.497 e. The third-order valence-corrected chi connectivity index (χ3v) is 11.9. The number of carbonyl (C=O) groups excluding carboxylic acids is 1. The summed E-state index contributed by atoms with van der Waals surface area (Å²) in [4.78, 5) is 26.9. The molecule has 1 aromatic heterocycles. The van der Waals surface area contributed by atoms with Gasteiger partial charge < -0.3 is 18.8 Å². The molecule has 0 radical (unpaired) electrons. The second-order valence-corrected chi connectivity index (χ2v) is 15.1. The van der Waals surface area contributed by atoms with E-state index in [-0.39, 0.29) is 10.6 Å². The van der Waals surface area contributed by atoms with Crippen LogP contribution in [-0.4, -0.2) is 88.0 Å². The number of rotatable bonds is 9. The van der Waals surface area contributed by atoms with E-state index in [2.05, 4.69) is 21.8 Å². The minimum Gasteiger partial charge on any atom is -0.497 e. The fraction of sp³-hybridized carbons (Fsp3) is 0.389. The molecule has 2 saturated heterocycles. The predicted octanol–water partition coefficient (Wildman–Crippen LogP) is 5.22. The number of anilines is 1. The number of methoxy groups -OCH3 is 2. The number of likely N-dealkylation sites (N-methyl/N-ethyl adjacent to an activating group) is 1. The second-order valence-electron chi connectivity index (χ2n) is 12.9. The van der Waals surface area contributed by atoms with Crippen molar-refractivity contribution in [2.75, 3.05) is 58.3 Å². The van der Waals surface area contributed by atoms with Gasteiger partial charge in [-0.1, -0.05) is 17.7 Å². The highest BCUT2D eigenvalue weighted by Gasteiger charge is 2.63. The van der Waals surface area contributed by atoms with E-state index in [1.165, 1.54) is 19.2 Å². The van der Waals surface area contributed by atoms with Crippen molar-refractivity contribution >= 4 is 33.2 Å². The number of benzene rings is 3. The summed E-state index contributed by atoms with van der Waals surface area (Å²) >= 11 is 6.72. The van der Waals surface area contributed by atoms with Crippen molar-refractivity contribution in [3.8, 4) is 11.5 Å². The number of fused-ring (bicyclic) bond motifs is 1. The van der Waals surface area contributed by atoms with E-state index in [4.69, 9.17) is 25.5 Å². The van der Waals surface area contributed by atoms with Crippen LogP contribution in [-0.2, 0) is 26.9 Å². The molecular formula is C36H40ClN5O6S. The zero-order chi connectivity index (χ0) is 34.5. The van der Waals surface area contributed by atoms with Crippen LogP contribution >= 0.6 is 11.6 Å². The average molecular weight is 706 g/mol. The molecule has 0 spiro atoms. The minimum atomic E-state index is -4.42. The van der Waals surface area contributed by atoms with E-state index >= 15 is 4.79 Å². The Morgan fingerprint density at radius 2 is 1.71 bits per heavy atom. The van der Waals surface area contributed by atoms with Crippen LogP contribution in [0.3, 0.4) is 0 Å². The van der Waals surface area contributed by atoms with E-state index in [1.54, 1.807) is 43.6 Å². The predicted molar refractivity (Wildman–Crippen MR) is 186 cm³/mol. The Hall–Kier alpha value is -3.94. The lowest BCUT2D eigenvalue weighted by atomic mass is 9.80. The maximum atomic E-state index is 15.6. The molecule has 13 heteroatoms. The van der Waals surface area contributed by atoms with Gasteiger partial charge in [-0.2, -0.15) is 0 Å². The number of oxazole rings is 1. The molecule has 4 aromatic rings. The Labute approximate surface area is 292 Å². The van der Waals surface area contributed by atoms with Gasteiger partial charge in [0.25, 0.3) is 15.9 Å². The third-order valence-electron chi connectivity index (χ3n) is 9.92. The Bertz CT molecular complexity index is 1980. The maximum absolute atomic E-state index is 15.6. The highest BCUT2D eigenvalue weighted by Crippen LogP contribution is 2.57. The van der Waals surface area contributed by atoms with Gasteiger partial charge in [0.15, 0.2) is 5.54 Å². The Morgan fingerprint density at radius 3 is 2.39 bits per heavy atom. The number of hydrogen-bond donors (Lipinski definition) is 0. The number of sulfonamides is 1. The second kappa shape index (κ2) is 13.1. The quantitative estimate of drug-likeness (QED) is 0.230. The number of amides is 1. The number of aryl methyl sites for hydroxylation is 1. The maximum Gasteiger partial charge on any atom is 0.271 e. The number of hydrogen-bond acceptors (Lipinski definition) is 10. The van der Waals surface area contributed by atoms with Gasteiger partial charge in [0.2, 0.25) is 5.89 Å². The molecule has 49 heavy (non-hydrogen) atoms. The smallest absolute Gasteiger partial charge is 0.271 e.